The number of hydrogen-bond donors (Lipinski definition) is 1. The summed E-state index contributed by atoms with van der Waals surface area (Å²) < 4.78 is 0. The predicted octanol–water partition coefficient (Wildman–Crippen LogP) is 3.07. The van der Waals surface area contributed by atoms with E-state index in [2.05, 4.69) is 12.2 Å². The molecule has 90 valence electrons. The second-order valence-corrected chi connectivity index (χ2v) is 3.73. The van der Waals surface area contributed by atoms with Crippen molar-refractivity contribution < 1.29 is 4.92 Å². The fraction of sp³-hybridized carbons (Fsp3) is 0.417. The van der Waals surface area contributed by atoms with E-state index in [9.17, 15) is 10.1 Å². The van der Waals surface area contributed by atoms with Gasteiger partial charge in [0.2, 0.25) is 0 Å². The van der Waals surface area contributed by atoms with E-state index in [1.165, 1.54) is 12.1 Å². The lowest BCUT2D eigenvalue weighted by atomic mass is 10.1. The Kier molecular flexibility index (Phi) is 4.95. The molecule has 0 saturated heterocycles. The van der Waals surface area contributed by atoms with Crippen LogP contribution in [0.4, 0.5) is 11.4 Å². The molecule has 0 saturated carbocycles. The monoisotopic (exact) mass is 233 g/mol. The Morgan fingerprint density at radius 3 is 2.82 bits per heavy atom. The third kappa shape index (κ3) is 3.76. The van der Waals surface area contributed by atoms with Gasteiger partial charge < -0.3 is 5.32 Å². The zero-order chi connectivity index (χ0) is 12.7. The maximum absolute atomic E-state index is 10.6. The standard InChI is InChI=1S/C12H15N3O2/c1-2-3-4-7-14-12-6-5-11(15(16)17)8-10(12)9-13/h5-6,8,14H,2-4,7H2,1H3. The van der Waals surface area contributed by atoms with E-state index in [-0.39, 0.29) is 5.69 Å². The zero-order valence-electron chi connectivity index (χ0n) is 9.77. The van der Waals surface area contributed by atoms with Gasteiger partial charge in [0.25, 0.3) is 5.69 Å². The topological polar surface area (TPSA) is 79.0 Å². The Morgan fingerprint density at radius 2 is 2.24 bits per heavy atom. The van der Waals surface area contributed by atoms with Crippen LogP contribution < -0.4 is 5.32 Å². The number of nitro benzene ring substituents is 1. The first-order valence-corrected chi connectivity index (χ1v) is 5.61. The minimum Gasteiger partial charge on any atom is -0.384 e. The lowest BCUT2D eigenvalue weighted by Gasteiger charge is -2.07. The summed E-state index contributed by atoms with van der Waals surface area (Å²) in [6, 6.07) is 6.25. The first-order valence-electron chi connectivity index (χ1n) is 5.61. The maximum Gasteiger partial charge on any atom is 0.270 e. The molecule has 1 aromatic carbocycles. The van der Waals surface area contributed by atoms with Crippen molar-refractivity contribution in [2.75, 3.05) is 11.9 Å². The third-order valence-electron chi connectivity index (χ3n) is 2.43. The van der Waals surface area contributed by atoms with Crippen LogP contribution in [0.2, 0.25) is 0 Å². The SMILES string of the molecule is CCCCCNc1ccc([N+](=O)[O-])cc1C#N. The fourth-order valence-electron chi connectivity index (χ4n) is 1.49. The van der Waals surface area contributed by atoms with Crippen LogP contribution in [0.1, 0.15) is 31.7 Å². The van der Waals surface area contributed by atoms with Crippen molar-refractivity contribution >= 4 is 11.4 Å². The highest BCUT2D eigenvalue weighted by Gasteiger charge is 2.09. The molecule has 0 spiro atoms. The van der Waals surface area contributed by atoms with Crippen LogP contribution in [0.15, 0.2) is 18.2 Å². The normalized spacial score (nSPS) is 9.65. The first kappa shape index (κ1) is 13.0. The number of rotatable bonds is 6. The molecule has 0 aliphatic rings. The summed E-state index contributed by atoms with van der Waals surface area (Å²) in [4.78, 5) is 10.1. The van der Waals surface area contributed by atoms with Crippen LogP contribution in [0, 0.1) is 21.4 Å². The van der Waals surface area contributed by atoms with Crippen molar-refractivity contribution in [1.82, 2.24) is 0 Å². The van der Waals surface area contributed by atoms with E-state index >= 15 is 0 Å². The summed E-state index contributed by atoms with van der Waals surface area (Å²) in [5.41, 5.74) is 0.922. The summed E-state index contributed by atoms with van der Waals surface area (Å²) in [6.45, 7) is 2.90. The number of benzene rings is 1. The van der Waals surface area contributed by atoms with Gasteiger partial charge >= 0.3 is 0 Å². The van der Waals surface area contributed by atoms with E-state index in [4.69, 9.17) is 5.26 Å². The van der Waals surface area contributed by atoms with E-state index in [1.54, 1.807) is 6.07 Å². The molecule has 1 aromatic rings. The number of non-ortho nitro benzene ring substituents is 1. The quantitative estimate of drug-likeness (QED) is 0.465. The van der Waals surface area contributed by atoms with Crippen LogP contribution in [-0.4, -0.2) is 11.5 Å². The van der Waals surface area contributed by atoms with Crippen molar-refractivity contribution in [2.24, 2.45) is 0 Å². The number of anilines is 1. The molecule has 5 heteroatoms. The Balaban J connectivity index is 2.73. The molecule has 0 radical (unpaired) electrons. The van der Waals surface area contributed by atoms with Crippen molar-refractivity contribution in [2.45, 2.75) is 26.2 Å². The van der Waals surface area contributed by atoms with Gasteiger partial charge in [-0.05, 0) is 12.5 Å². The molecular weight excluding hydrogens is 218 g/mol. The van der Waals surface area contributed by atoms with Crippen LogP contribution in [0.25, 0.3) is 0 Å². The van der Waals surface area contributed by atoms with Gasteiger partial charge in [-0.15, -0.1) is 0 Å². The van der Waals surface area contributed by atoms with E-state index in [1.807, 2.05) is 6.07 Å². The second kappa shape index (κ2) is 6.48. The Labute approximate surface area is 100 Å². The molecule has 5 nitrogen and oxygen atoms in total. The number of nitro groups is 1. The summed E-state index contributed by atoms with van der Waals surface area (Å²) in [6.07, 6.45) is 3.28. The molecular formula is C12H15N3O2. The molecule has 0 aliphatic heterocycles. The number of hydrogen-bond acceptors (Lipinski definition) is 4. The van der Waals surface area contributed by atoms with Gasteiger partial charge in [0.05, 0.1) is 16.2 Å². The summed E-state index contributed by atoms with van der Waals surface area (Å²) in [7, 11) is 0. The lowest BCUT2D eigenvalue weighted by Crippen LogP contribution is -2.03. The average molecular weight is 233 g/mol. The van der Waals surface area contributed by atoms with Gasteiger partial charge in [0, 0.05) is 18.7 Å². The summed E-state index contributed by atoms with van der Waals surface area (Å²) >= 11 is 0. The molecule has 0 atom stereocenters. The highest BCUT2D eigenvalue weighted by molar-refractivity contribution is 5.61. The van der Waals surface area contributed by atoms with Gasteiger partial charge in [-0.1, -0.05) is 19.8 Å². The second-order valence-electron chi connectivity index (χ2n) is 3.73. The maximum atomic E-state index is 10.6. The molecule has 0 bridgehead atoms. The number of unbranched alkanes of at least 4 members (excludes halogenated alkanes) is 2. The minimum atomic E-state index is -0.498. The molecule has 1 rings (SSSR count). The van der Waals surface area contributed by atoms with Crippen LogP contribution in [0.3, 0.4) is 0 Å². The average Bonchev–Trinajstić information content (AvgIpc) is 2.34. The molecule has 0 heterocycles. The highest BCUT2D eigenvalue weighted by Crippen LogP contribution is 2.21. The van der Waals surface area contributed by atoms with Gasteiger partial charge in [-0.3, -0.25) is 10.1 Å². The first-order chi connectivity index (χ1) is 8.19. The number of nitrogens with zero attached hydrogens (tertiary/aromatic N) is 2. The largest absolute Gasteiger partial charge is 0.384 e. The molecule has 0 aromatic heterocycles. The van der Waals surface area contributed by atoms with Gasteiger partial charge in [-0.25, -0.2) is 0 Å². The lowest BCUT2D eigenvalue weighted by molar-refractivity contribution is -0.384. The molecule has 0 aliphatic carbocycles. The van der Waals surface area contributed by atoms with Gasteiger partial charge in [0.15, 0.2) is 0 Å². The van der Waals surface area contributed by atoms with Crippen molar-refractivity contribution in [3.63, 3.8) is 0 Å². The van der Waals surface area contributed by atoms with Gasteiger partial charge in [-0.2, -0.15) is 5.26 Å². The number of nitrogens with one attached hydrogen (secondary N) is 1. The fourth-order valence-corrected chi connectivity index (χ4v) is 1.49. The van der Waals surface area contributed by atoms with Crippen molar-refractivity contribution in [1.29, 1.82) is 5.26 Å². The van der Waals surface area contributed by atoms with Crippen molar-refractivity contribution in [3.05, 3.63) is 33.9 Å². The molecule has 0 amide bonds. The third-order valence-corrected chi connectivity index (χ3v) is 2.43. The Hall–Kier alpha value is -2.09. The Bertz CT molecular complexity index is 438. The van der Waals surface area contributed by atoms with Crippen molar-refractivity contribution in [3.8, 4) is 6.07 Å². The molecule has 0 fully saturated rings. The van der Waals surface area contributed by atoms with Crippen LogP contribution in [0.5, 0.6) is 0 Å². The minimum absolute atomic E-state index is 0.0549. The van der Waals surface area contributed by atoms with E-state index in [0.29, 0.717) is 11.3 Å². The number of nitriles is 1. The van der Waals surface area contributed by atoms with E-state index < -0.39 is 4.92 Å². The van der Waals surface area contributed by atoms with Crippen LogP contribution in [-0.2, 0) is 0 Å². The van der Waals surface area contributed by atoms with Crippen LogP contribution >= 0.6 is 0 Å². The summed E-state index contributed by atoms with van der Waals surface area (Å²) in [5.74, 6) is 0. The van der Waals surface area contributed by atoms with E-state index in [0.717, 1.165) is 25.8 Å². The van der Waals surface area contributed by atoms with Gasteiger partial charge in [0.1, 0.15) is 6.07 Å². The molecule has 17 heavy (non-hydrogen) atoms. The smallest absolute Gasteiger partial charge is 0.270 e. The summed E-state index contributed by atoms with van der Waals surface area (Å²) in [5, 5.41) is 22.6. The predicted molar refractivity (Wildman–Crippen MR) is 65.8 cm³/mol. The zero-order valence-corrected chi connectivity index (χ0v) is 9.77. The molecule has 1 N–H and O–H groups in total. The Morgan fingerprint density at radius 1 is 1.47 bits per heavy atom. The highest BCUT2D eigenvalue weighted by atomic mass is 16.6. The molecule has 0 unspecified atom stereocenters.